The third-order valence-corrected chi connectivity index (χ3v) is 8.69. The van der Waals surface area contributed by atoms with Gasteiger partial charge in [0.25, 0.3) is 0 Å². The van der Waals surface area contributed by atoms with Crippen molar-refractivity contribution in [2.75, 3.05) is 11.5 Å². The molecule has 2 nitrogen and oxygen atoms in total. The van der Waals surface area contributed by atoms with Gasteiger partial charge in [-0.25, -0.2) is 0 Å². The highest BCUT2D eigenvalue weighted by molar-refractivity contribution is 5.49. The molecule has 0 bridgehead atoms. The van der Waals surface area contributed by atoms with E-state index in [2.05, 4.69) is 100 Å². The van der Waals surface area contributed by atoms with E-state index < -0.39 is 0 Å². The number of hydrogen-bond donors (Lipinski definition) is 2. The predicted octanol–water partition coefficient (Wildman–Crippen LogP) is 10.3. The molecule has 0 aliphatic rings. The van der Waals surface area contributed by atoms with Crippen LogP contribution >= 0.6 is 0 Å². The first-order chi connectivity index (χ1) is 19.9. The predicted molar refractivity (Wildman–Crippen MR) is 179 cm³/mol. The molecule has 0 aliphatic carbocycles. The fraction of sp³-hybridized carbons (Fsp3) is 0.385. The molecule has 4 aromatic rings. The van der Waals surface area contributed by atoms with Crippen LogP contribution in [0.5, 0.6) is 0 Å². The van der Waals surface area contributed by atoms with Gasteiger partial charge in [-0.05, 0) is 121 Å². The Balaban J connectivity index is 1.27. The number of nitrogen functional groups attached to an aromatic ring is 2. The number of unbranched alkanes of at least 4 members (excludes halogenated alkanes) is 2. The molecule has 0 aliphatic heterocycles. The molecule has 4 rings (SSSR count). The molecule has 0 amide bonds. The van der Waals surface area contributed by atoms with Gasteiger partial charge in [0.2, 0.25) is 0 Å². The van der Waals surface area contributed by atoms with Crippen LogP contribution in [0.1, 0.15) is 115 Å². The number of nitrogens with two attached hydrogens (primary N) is 2. The van der Waals surface area contributed by atoms with Gasteiger partial charge in [-0.2, -0.15) is 0 Å². The van der Waals surface area contributed by atoms with E-state index in [1.165, 1.54) is 76.6 Å². The summed E-state index contributed by atoms with van der Waals surface area (Å²) in [6.07, 6.45) is 10.7. The standard InChI is InChI=1S/C39H50N2/c1-5-10-38(36-24-22-34(40)26-28(36)3)32-18-14-30(15-19-32)12-8-7-9-13-31-16-20-33(21-17-31)39(11-6-2)37-25-23-35(41)27-29(37)4/h14-27,38-39H,5-13,40-41H2,1-4H3. The molecule has 2 unspecified atom stereocenters. The summed E-state index contributed by atoms with van der Waals surface area (Å²) in [5, 5.41) is 0. The van der Waals surface area contributed by atoms with Crippen LogP contribution in [-0.4, -0.2) is 0 Å². The first-order valence-electron chi connectivity index (χ1n) is 15.8. The second-order valence-corrected chi connectivity index (χ2v) is 12.0. The normalized spacial score (nSPS) is 12.8. The van der Waals surface area contributed by atoms with Crippen LogP contribution in [-0.2, 0) is 12.8 Å². The molecule has 4 N–H and O–H groups in total. The first kappa shape index (κ1) is 30.4. The molecule has 0 spiro atoms. The largest absolute Gasteiger partial charge is 0.399 e. The summed E-state index contributed by atoms with van der Waals surface area (Å²) in [5.74, 6) is 0.877. The van der Waals surface area contributed by atoms with E-state index in [4.69, 9.17) is 11.5 Å². The zero-order chi connectivity index (χ0) is 29.2. The van der Waals surface area contributed by atoms with Gasteiger partial charge in [-0.1, -0.05) is 93.8 Å². The third-order valence-electron chi connectivity index (χ3n) is 8.69. The summed E-state index contributed by atoms with van der Waals surface area (Å²) in [7, 11) is 0. The van der Waals surface area contributed by atoms with E-state index >= 15 is 0 Å². The Morgan fingerprint density at radius 2 is 0.902 bits per heavy atom. The van der Waals surface area contributed by atoms with E-state index in [-0.39, 0.29) is 0 Å². The monoisotopic (exact) mass is 546 g/mol. The lowest BCUT2D eigenvalue weighted by molar-refractivity contribution is 0.675. The molecule has 0 fully saturated rings. The van der Waals surface area contributed by atoms with Crippen LogP contribution in [0.15, 0.2) is 84.9 Å². The van der Waals surface area contributed by atoms with Gasteiger partial charge in [0.05, 0.1) is 0 Å². The molecule has 0 saturated heterocycles. The van der Waals surface area contributed by atoms with Crippen molar-refractivity contribution >= 4 is 11.4 Å². The van der Waals surface area contributed by atoms with Gasteiger partial charge in [-0.15, -0.1) is 0 Å². The molecular weight excluding hydrogens is 496 g/mol. The second kappa shape index (κ2) is 14.9. The molecular formula is C39H50N2. The van der Waals surface area contributed by atoms with E-state index in [1.54, 1.807) is 0 Å². The summed E-state index contributed by atoms with van der Waals surface area (Å²) >= 11 is 0. The molecule has 0 aromatic heterocycles. The molecule has 41 heavy (non-hydrogen) atoms. The lowest BCUT2D eigenvalue weighted by Gasteiger charge is -2.20. The minimum atomic E-state index is 0.439. The highest BCUT2D eigenvalue weighted by Gasteiger charge is 2.17. The molecule has 2 heteroatoms. The minimum Gasteiger partial charge on any atom is -0.399 e. The van der Waals surface area contributed by atoms with Crippen molar-refractivity contribution in [3.63, 3.8) is 0 Å². The van der Waals surface area contributed by atoms with Crippen molar-refractivity contribution in [1.29, 1.82) is 0 Å². The van der Waals surface area contributed by atoms with E-state index in [9.17, 15) is 0 Å². The van der Waals surface area contributed by atoms with Crippen molar-refractivity contribution in [1.82, 2.24) is 0 Å². The summed E-state index contributed by atoms with van der Waals surface area (Å²) in [5.41, 5.74) is 24.8. The van der Waals surface area contributed by atoms with Gasteiger partial charge >= 0.3 is 0 Å². The zero-order valence-electron chi connectivity index (χ0n) is 25.8. The summed E-state index contributed by atoms with van der Waals surface area (Å²) in [4.78, 5) is 0. The highest BCUT2D eigenvalue weighted by atomic mass is 14.5. The smallest absolute Gasteiger partial charge is 0.0316 e. The average molecular weight is 547 g/mol. The van der Waals surface area contributed by atoms with Crippen LogP contribution in [0, 0.1) is 13.8 Å². The van der Waals surface area contributed by atoms with Gasteiger partial charge in [0, 0.05) is 23.2 Å². The first-order valence-corrected chi connectivity index (χ1v) is 15.8. The molecule has 0 saturated carbocycles. The maximum absolute atomic E-state index is 6.01. The third kappa shape index (κ3) is 8.26. The Morgan fingerprint density at radius 1 is 0.512 bits per heavy atom. The summed E-state index contributed by atoms with van der Waals surface area (Å²) in [6, 6.07) is 31.5. The number of hydrogen-bond acceptors (Lipinski definition) is 2. The van der Waals surface area contributed by atoms with E-state index in [0.717, 1.165) is 37.1 Å². The van der Waals surface area contributed by atoms with Crippen LogP contribution in [0.4, 0.5) is 11.4 Å². The Morgan fingerprint density at radius 3 is 1.24 bits per heavy atom. The van der Waals surface area contributed by atoms with Crippen molar-refractivity contribution in [2.45, 2.75) is 97.3 Å². The van der Waals surface area contributed by atoms with Crippen LogP contribution in [0.2, 0.25) is 0 Å². The Bertz CT molecular complexity index is 1260. The minimum absolute atomic E-state index is 0.439. The van der Waals surface area contributed by atoms with Gasteiger partial charge < -0.3 is 11.5 Å². The summed E-state index contributed by atoms with van der Waals surface area (Å²) < 4.78 is 0. The number of anilines is 2. The lowest BCUT2D eigenvalue weighted by Crippen LogP contribution is -2.04. The zero-order valence-corrected chi connectivity index (χ0v) is 25.8. The highest BCUT2D eigenvalue weighted by Crippen LogP contribution is 2.34. The second-order valence-electron chi connectivity index (χ2n) is 12.0. The topological polar surface area (TPSA) is 52.0 Å². The Hall–Kier alpha value is -3.52. The van der Waals surface area contributed by atoms with Gasteiger partial charge in [0.1, 0.15) is 0 Å². The van der Waals surface area contributed by atoms with Gasteiger partial charge in [0.15, 0.2) is 0 Å². The van der Waals surface area contributed by atoms with E-state index in [1.807, 2.05) is 12.1 Å². The maximum Gasteiger partial charge on any atom is 0.0316 e. The molecule has 216 valence electrons. The van der Waals surface area contributed by atoms with Crippen molar-refractivity contribution in [3.05, 3.63) is 129 Å². The summed E-state index contributed by atoms with van der Waals surface area (Å²) in [6.45, 7) is 8.91. The molecule has 0 heterocycles. The quantitative estimate of drug-likeness (QED) is 0.122. The van der Waals surface area contributed by atoms with E-state index in [0.29, 0.717) is 11.8 Å². The maximum atomic E-state index is 6.01. The fourth-order valence-corrected chi connectivity index (χ4v) is 6.43. The average Bonchev–Trinajstić information content (AvgIpc) is 2.96. The number of rotatable bonds is 14. The van der Waals surface area contributed by atoms with Crippen LogP contribution < -0.4 is 11.5 Å². The fourth-order valence-electron chi connectivity index (χ4n) is 6.43. The molecule has 4 aromatic carbocycles. The van der Waals surface area contributed by atoms with Crippen molar-refractivity contribution in [2.24, 2.45) is 0 Å². The van der Waals surface area contributed by atoms with Crippen molar-refractivity contribution in [3.8, 4) is 0 Å². The number of benzene rings is 4. The van der Waals surface area contributed by atoms with Crippen molar-refractivity contribution < 1.29 is 0 Å². The molecule has 2 atom stereocenters. The van der Waals surface area contributed by atoms with Crippen LogP contribution in [0.25, 0.3) is 0 Å². The van der Waals surface area contributed by atoms with Crippen LogP contribution in [0.3, 0.4) is 0 Å². The van der Waals surface area contributed by atoms with Gasteiger partial charge in [-0.3, -0.25) is 0 Å². The SMILES string of the molecule is CCCC(c1ccc(CCCCCc2ccc(C(CCC)c3ccc(N)cc3C)cc2)cc1)c1ccc(N)cc1C. The Kier molecular flexibility index (Phi) is 11.1. The number of aryl methyl sites for hydroxylation is 4. The molecule has 0 radical (unpaired) electrons. The Labute approximate surface area is 249 Å². The lowest BCUT2D eigenvalue weighted by atomic mass is 9.84.